The van der Waals surface area contributed by atoms with E-state index in [0.29, 0.717) is 18.7 Å². The highest BCUT2D eigenvalue weighted by Crippen LogP contribution is 2.23. The molecule has 1 aliphatic heterocycles. The SMILES string of the molecule is CC(C(=O)N1CCC(NC(=O)c2ccccc2)CC1)C(N)c1ccccc1.Cl. The smallest absolute Gasteiger partial charge is 0.251 e. The van der Waals surface area contributed by atoms with Gasteiger partial charge in [-0.15, -0.1) is 12.4 Å². The molecule has 6 heteroatoms. The quantitative estimate of drug-likeness (QED) is 0.807. The van der Waals surface area contributed by atoms with Crippen LogP contribution < -0.4 is 11.1 Å². The van der Waals surface area contributed by atoms with Gasteiger partial charge in [-0.25, -0.2) is 0 Å². The first-order valence-corrected chi connectivity index (χ1v) is 9.51. The second kappa shape index (κ2) is 10.2. The summed E-state index contributed by atoms with van der Waals surface area (Å²) in [5, 5.41) is 3.07. The highest BCUT2D eigenvalue weighted by atomic mass is 35.5. The number of benzene rings is 2. The summed E-state index contributed by atoms with van der Waals surface area (Å²) in [6.07, 6.45) is 1.52. The second-order valence-electron chi connectivity index (χ2n) is 7.16. The molecular formula is C22H28ClN3O2. The molecule has 0 saturated carbocycles. The first kappa shape index (κ1) is 21.9. The maximum absolute atomic E-state index is 12.8. The number of nitrogens with one attached hydrogen (secondary N) is 1. The zero-order valence-electron chi connectivity index (χ0n) is 16.1. The van der Waals surface area contributed by atoms with E-state index in [-0.39, 0.29) is 42.2 Å². The van der Waals surface area contributed by atoms with E-state index in [1.807, 2.05) is 60.4 Å². The Morgan fingerprint density at radius 3 is 2.11 bits per heavy atom. The largest absolute Gasteiger partial charge is 0.349 e. The lowest BCUT2D eigenvalue weighted by molar-refractivity contribution is -0.136. The Bertz CT molecular complexity index is 762. The number of hydrogen-bond acceptors (Lipinski definition) is 3. The molecule has 0 spiro atoms. The van der Waals surface area contributed by atoms with Crippen molar-refractivity contribution < 1.29 is 9.59 Å². The molecule has 28 heavy (non-hydrogen) atoms. The third-order valence-corrected chi connectivity index (χ3v) is 5.29. The van der Waals surface area contributed by atoms with Crippen LogP contribution in [0, 0.1) is 5.92 Å². The fraction of sp³-hybridized carbons (Fsp3) is 0.364. The zero-order valence-corrected chi connectivity index (χ0v) is 16.9. The summed E-state index contributed by atoms with van der Waals surface area (Å²) in [5.41, 5.74) is 7.94. The van der Waals surface area contributed by atoms with Gasteiger partial charge in [-0.1, -0.05) is 55.5 Å². The standard InChI is InChI=1S/C22H27N3O2.ClH/c1-16(20(23)17-8-4-2-5-9-17)22(27)25-14-12-19(13-15-25)24-21(26)18-10-6-3-7-11-18;/h2-11,16,19-20H,12-15,23H2,1H3,(H,24,26);1H. The molecule has 1 saturated heterocycles. The van der Waals surface area contributed by atoms with Gasteiger partial charge >= 0.3 is 0 Å². The zero-order chi connectivity index (χ0) is 19.2. The van der Waals surface area contributed by atoms with Gasteiger partial charge in [0.05, 0.1) is 5.92 Å². The average Bonchev–Trinajstić information content (AvgIpc) is 2.74. The lowest BCUT2D eigenvalue weighted by atomic mass is 9.93. The molecule has 1 heterocycles. The van der Waals surface area contributed by atoms with Crippen molar-refractivity contribution in [3.63, 3.8) is 0 Å². The van der Waals surface area contributed by atoms with Crippen molar-refractivity contribution in [1.29, 1.82) is 0 Å². The molecule has 0 aliphatic carbocycles. The van der Waals surface area contributed by atoms with Crippen molar-refractivity contribution in [2.24, 2.45) is 11.7 Å². The Balaban J connectivity index is 0.00000280. The average molecular weight is 402 g/mol. The van der Waals surface area contributed by atoms with Gasteiger partial charge < -0.3 is 16.0 Å². The van der Waals surface area contributed by atoms with E-state index in [0.717, 1.165) is 18.4 Å². The summed E-state index contributed by atoms with van der Waals surface area (Å²) in [7, 11) is 0. The molecule has 2 aromatic rings. The van der Waals surface area contributed by atoms with Crippen LogP contribution in [-0.2, 0) is 4.79 Å². The first-order valence-electron chi connectivity index (χ1n) is 9.51. The second-order valence-corrected chi connectivity index (χ2v) is 7.16. The fourth-order valence-electron chi connectivity index (χ4n) is 3.51. The first-order chi connectivity index (χ1) is 13.1. The van der Waals surface area contributed by atoms with E-state index in [1.165, 1.54) is 0 Å². The molecule has 5 nitrogen and oxygen atoms in total. The van der Waals surface area contributed by atoms with E-state index in [1.54, 1.807) is 12.1 Å². The van der Waals surface area contributed by atoms with Crippen LogP contribution in [0.25, 0.3) is 0 Å². The fourth-order valence-corrected chi connectivity index (χ4v) is 3.51. The third-order valence-electron chi connectivity index (χ3n) is 5.29. The Morgan fingerprint density at radius 1 is 1.00 bits per heavy atom. The number of carbonyl (C=O) groups excluding carboxylic acids is 2. The third kappa shape index (κ3) is 5.33. The minimum Gasteiger partial charge on any atom is -0.349 e. The molecule has 1 fully saturated rings. The summed E-state index contributed by atoms with van der Waals surface area (Å²) < 4.78 is 0. The molecule has 0 aromatic heterocycles. The van der Waals surface area contributed by atoms with Gasteiger partial charge in [0.15, 0.2) is 0 Å². The summed E-state index contributed by atoms with van der Waals surface area (Å²) in [4.78, 5) is 27.0. The van der Waals surface area contributed by atoms with Gasteiger partial charge in [0.25, 0.3) is 5.91 Å². The summed E-state index contributed by atoms with van der Waals surface area (Å²) in [5.74, 6) is -0.248. The number of nitrogens with two attached hydrogens (primary N) is 1. The Labute approximate surface area is 172 Å². The maximum atomic E-state index is 12.8. The molecule has 2 amide bonds. The van der Waals surface area contributed by atoms with Gasteiger partial charge in [0.2, 0.25) is 5.91 Å². The number of amides is 2. The number of carbonyl (C=O) groups is 2. The van der Waals surface area contributed by atoms with Crippen LogP contribution in [0.5, 0.6) is 0 Å². The van der Waals surface area contributed by atoms with Crippen molar-refractivity contribution in [1.82, 2.24) is 10.2 Å². The predicted molar refractivity (Wildman–Crippen MR) is 113 cm³/mol. The van der Waals surface area contributed by atoms with Crippen molar-refractivity contribution in [3.8, 4) is 0 Å². The van der Waals surface area contributed by atoms with Crippen molar-refractivity contribution >= 4 is 24.2 Å². The highest BCUT2D eigenvalue weighted by molar-refractivity contribution is 5.94. The highest BCUT2D eigenvalue weighted by Gasteiger charge is 2.30. The van der Waals surface area contributed by atoms with Crippen molar-refractivity contribution in [2.75, 3.05) is 13.1 Å². The van der Waals surface area contributed by atoms with Gasteiger partial charge in [-0.05, 0) is 30.5 Å². The molecule has 1 aliphatic rings. The van der Waals surface area contributed by atoms with Crippen LogP contribution in [0.3, 0.4) is 0 Å². The summed E-state index contributed by atoms with van der Waals surface area (Å²) in [6, 6.07) is 18.7. The monoisotopic (exact) mass is 401 g/mol. The van der Waals surface area contributed by atoms with Gasteiger partial charge in [-0.3, -0.25) is 9.59 Å². The summed E-state index contributed by atoms with van der Waals surface area (Å²) in [6.45, 7) is 3.18. The van der Waals surface area contributed by atoms with Crippen molar-refractivity contribution in [2.45, 2.75) is 31.8 Å². The van der Waals surface area contributed by atoms with Crippen LogP contribution in [0.15, 0.2) is 60.7 Å². The van der Waals surface area contributed by atoms with Crippen LogP contribution in [-0.4, -0.2) is 35.8 Å². The molecule has 2 unspecified atom stereocenters. The maximum Gasteiger partial charge on any atom is 0.251 e. The predicted octanol–water partition coefficient (Wildman–Crippen LogP) is 3.17. The Hall–Kier alpha value is -2.37. The molecule has 2 aromatic carbocycles. The number of halogens is 1. The number of nitrogens with zero attached hydrogens (tertiary/aromatic N) is 1. The number of likely N-dealkylation sites (tertiary alicyclic amines) is 1. The molecule has 150 valence electrons. The van der Waals surface area contributed by atoms with Crippen LogP contribution >= 0.6 is 12.4 Å². The molecule has 2 atom stereocenters. The normalized spacial score (nSPS) is 16.6. The molecular weight excluding hydrogens is 374 g/mol. The Kier molecular flexibility index (Phi) is 8.03. The number of piperidine rings is 1. The summed E-state index contributed by atoms with van der Waals surface area (Å²) >= 11 is 0. The molecule has 3 rings (SSSR count). The van der Waals surface area contributed by atoms with Gasteiger partial charge in [0, 0.05) is 30.7 Å². The van der Waals surface area contributed by atoms with Gasteiger partial charge in [-0.2, -0.15) is 0 Å². The molecule has 0 radical (unpaired) electrons. The van der Waals surface area contributed by atoms with Crippen LogP contribution in [0.2, 0.25) is 0 Å². The van der Waals surface area contributed by atoms with Crippen LogP contribution in [0.1, 0.15) is 41.7 Å². The van der Waals surface area contributed by atoms with E-state index >= 15 is 0 Å². The Morgan fingerprint density at radius 2 is 1.54 bits per heavy atom. The number of rotatable bonds is 5. The lowest BCUT2D eigenvalue weighted by Crippen LogP contribution is -2.48. The van der Waals surface area contributed by atoms with E-state index < -0.39 is 0 Å². The van der Waals surface area contributed by atoms with Crippen LogP contribution in [0.4, 0.5) is 0 Å². The minimum absolute atomic E-state index is 0. The van der Waals surface area contributed by atoms with E-state index in [9.17, 15) is 9.59 Å². The number of hydrogen-bond donors (Lipinski definition) is 2. The van der Waals surface area contributed by atoms with E-state index in [4.69, 9.17) is 5.73 Å². The molecule has 3 N–H and O–H groups in total. The molecule has 0 bridgehead atoms. The van der Waals surface area contributed by atoms with Gasteiger partial charge in [0.1, 0.15) is 0 Å². The van der Waals surface area contributed by atoms with E-state index in [2.05, 4.69) is 5.32 Å². The lowest BCUT2D eigenvalue weighted by Gasteiger charge is -2.35. The minimum atomic E-state index is -0.311. The van der Waals surface area contributed by atoms with Crippen molar-refractivity contribution in [3.05, 3.63) is 71.8 Å². The topological polar surface area (TPSA) is 75.4 Å².